The van der Waals surface area contributed by atoms with Crippen LogP contribution in [0, 0.1) is 5.41 Å². The summed E-state index contributed by atoms with van der Waals surface area (Å²) in [5.41, 5.74) is 0.969. The summed E-state index contributed by atoms with van der Waals surface area (Å²) in [5, 5.41) is 9.01. The van der Waals surface area contributed by atoms with Gasteiger partial charge in [-0.1, -0.05) is 13.8 Å². The van der Waals surface area contributed by atoms with Crippen LogP contribution in [0.4, 0.5) is 0 Å². The van der Waals surface area contributed by atoms with Crippen molar-refractivity contribution in [1.82, 2.24) is 4.90 Å². The lowest BCUT2D eigenvalue weighted by Crippen LogP contribution is -2.28. The van der Waals surface area contributed by atoms with Gasteiger partial charge in [0.25, 0.3) is 0 Å². The molecular formula is C17H21NO5S. The number of benzene rings is 1. The summed E-state index contributed by atoms with van der Waals surface area (Å²) in [6, 6.07) is 5.73. The monoisotopic (exact) mass is 351 g/mol. The number of carbonyl (C=O) groups is 2. The van der Waals surface area contributed by atoms with E-state index in [1.807, 2.05) is 13.8 Å². The molecule has 1 aliphatic heterocycles. The number of hydrogen-bond donors (Lipinski definition) is 1. The second kappa shape index (κ2) is 6.39. The third kappa shape index (κ3) is 4.44. The Labute approximate surface area is 141 Å². The molecule has 1 aromatic rings. The number of carbonyl (C=O) groups excluding carboxylic acids is 1. The number of rotatable bonds is 5. The zero-order valence-corrected chi connectivity index (χ0v) is 14.8. The number of sulfone groups is 1. The summed E-state index contributed by atoms with van der Waals surface area (Å²) < 4.78 is 22.9. The van der Waals surface area contributed by atoms with Gasteiger partial charge in [-0.25, -0.2) is 8.42 Å². The van der Waals surface area contributed by atoms with Crippen molar-refractivity contribution in [2.75, 3.05) is 19.3 Å². The minimum atomic E-state index is -3.31. The van der Waals surface area contributed by atoms with Gasteiger partial charge in [0.15, 0.2) is 15.6 Å². The third-order valence-electron chi connectivity index (χ3n) is 3.88. The summed E-state index contributed by atoms with van der Waals surface area (Å²) in [7, 11) is -3.31. The zero-order chi connectivity index (χ0) is 18.1. The topological polar surface area (TPSA) is 91.8 Å². The fourth-order valence-electron chi connectivity index (χ4n) is 2.84. The van der Waals surface area contributed by atoms with Crippen molar-refractivity contribution >= 4 is 21.6 Å². The molecule has 0 spiro atoms. The van der Waals surface area contributed by atoms with Gasteiger partial charge >= 0.3 is 5.97 Å². The first-order valence-corrected chi connectivity index (χ1v) is 9.39. The smallest absolute Gasteiger partial charge is 0.323 e. The molecule has 0 amide bonds. The van der Waals surface area contributed by atoms with Gasteiger partial charge in [-0.05, 0) is 36.1 Å². The molecule has 1 heterocycles. The highest BCUT2D eigenvalue weighted by atomic mass is 32.2. The van der Waals surface area contributed by atoms with E-state index in [1.165, 1.54) is 30.3 Å². The molecule has 24 heavy (non-hydrogen) atoms. The molecule has 0 saturated carbocycles. The molecule has 0 aliphatic carbocycles. The molecule has 0 unspecified atom stereocenters. The van der Waals surface area contributed by atoms with Crippen molar-refractivity contribution in [3.63, 3.8) is 0 Å². The second-order valence-corrected chi connectivity index (χ2v) is 8.90. The van der Waals surface area contributed by atoms with Crippen LogP contribution in [-0.2, 0) is 14.6 Å². The Kier molecular flexibility index (Phi) is 4.85. The molecule has 0 aromatic heterocycles. The van der Waals surface area contributed by atoms with Crippen LogP contribution in [-0.4, -0.2) is 49.5 Å². The average molecular weight is 351 g/mol. The number of carboxylic acid groups (broad SMARTS) is 1. The van der Waals surface area contributed by atoms with Crippen molar-refractivity contribution in [3.8, 4) is 0 Å². The van der Waals surface area contributed by atoms with Gasteiger partial charge < -0.3 is 10.0 Å². The highest BCUT2D eigenvalue weighted by Crippen LogP contribution is 2.36. The number of aliphatic carboxylic acids is 1. The molecule has 6 nitrogen and oxygen atoms in total. The molecule has 1 aromatic carbocycles. The van der Waals surface area contributed by atoms with Crippen molar-refractivity contribution in [1.29, 1.82) is 0 Å². The number of hydrogen-bond acceptors (Lipinski definition) is 5. The Hall–Kier alpha value is -2.15. The summed E-state index contributed by atoms with van der Waals surface area (Å²) in [6.07, 6.45) is 3.18. The first kappa shape index (κ1) is 18.2. The maximum absolute atomic E-state index is 12.4. The predicted molar refractivity (Wildman–Crippen MR) is 89.6 cm³/mol. The van der Waals surface area contributed by atoms with Crippen LogP contribution in [0.25, 0.3) is 0 Å². The standard InChI is InChI=1S/C17H21NO5S/c1-17(2)9-13(18(11-17)10-16(20)21)8-15(19)12-4-6-14(7-5-12)24(3,22)23/h4-8H,9-11H2,1-3H3,(H,20,21)/b13-8+. The van der Waals surface area contributed by atoms with Crippen LogP contribution in [0.3, 0.4) is 0 Å². The van der Waals surface area contributed by atoms with Crippen LogP contribution in [0.15, 0.2) is 40.9 Å². The Bertz CT molecular complexity index is 791. The van der Waals surface area contributed by atoms with Crippen molar-refractivity contribution in [2.24, 2.45) is 5.41 Å². The highest BCUT2D eigenvalue weighted by molar-refractivity contribution is 7.90. The van der Waals surface area contributed by atoms with E-state index in [2.05, 4.69) is 0 Å². The number of nitrogens with zero attached hydrogens (tertiary/aromatic N) is 1. The van der Waals surface area contributed by atoms with Crippen LogP contribution in [0.1, 0.15) is 30.6 Å². The average Bonchev–Trinajstić information content (AvgIpc) is 2.71. The molecule has 1 saturated heterocycles. The molecule has 0 atom stereocenters. The quantitative estimate of drug-likeness (QED) is 0.644. The summed E-state index contributed by atoms with van der Waals surface area (Å²) in [4.78, 5) is 25.2. The van der Waals surface area contributed by atoms with E-state index >= 15 is 0 Å². The molecule has 1 aliphatic rings. The first-order chi connectivity index (χ1) is 11.0. The largest absolute Gasteiger partial charge is 0.480 e. The van der Waals surface area contributed by atoms with Gasteiger partial charge in [-0.2, -0.15) is 0 Å². The van der Waals surface area contributed by atoms with Gasteiger partial charge in [-0.15, -0.1) is 0 Å². The number of likely N-dealkylation sites (tertiary alicyclic amines) is 1. The lowest BCUT2D eigenvalue weighted by molar-refractivity contribution is -0.137. The molecule has 0 radical (unpaired) electrons. The number of ketones is 1. The SMILES string of the molecule is CC1(C)C/C(=C\C(=O)c2ccc(S(C)(=O)=O)cc2)N(CC(=O)O)C1. The molecule has 0 bridgehead atoms. The lowest BCUT2D eigenvalue weighted by Gasteiger charge is -2.19. The minimum absolute atomic E-state index is 0.0955. The molecule has 2 rings (SSSR count). The van der Waals surface area contributed by atoms with E-state index < -0.39 is 15.8 Å². The van der Waals surface area contributed by atoms with Gasteiger partial charge in [0.2, 0.25) is 0 Å². The van der Waals surface area contributed by atoms with Crippen molar-refractivity contribution < 1.29 is 23.1 Å². The van der Waals surface area contributed by atoms with E-state index in [4.69, 9.17) is 5.11 Å². The van der Waals surface area contributed by atoms with E-state index in [1.54, 1.807) is 4.90 Å². The Morgan fingerprint density at radius 1 is 1.25 bits per heavy atom. The van der Waals surface area contributed by atoms with Crippen molar-refractivity contribution in [2.45, 2.75) is 25.2 Å². The maximum atomic E-state index is 12.4. The van der Waals surface area contributed by atoms with Crippen LogP contribution in [0.5, 0.6) is 0 Å². The normalized spacial score (nSPS) is 18.8. The Morgan fingerprint density at radius 3 is 2.33 bits per heavy atom. The first-order valence-electron chi connectivity index (χ1n) is 7.50. The Balaban J connectivity index is 2.25. The van der Waals surface area contributed by atoms with E-state index in [9.17, 15) is 18.0 Å². The van der Waals surface area contributed by atoms with Gasteiger partial charge in [0.05, 0.1) is 4.90 Å². The van der Waals surface area contributed by atoms with Crippen LogP contribution in [0.2, 0.25) is 0 Å². The fraction of sp³-hybridized carbons (Fsp3) is 0.412. The van der Waals surface area contributed by atoms with Crippen LogP contribution < -0.4 is 0 Å². The number of allylic oxidation sites excluding steroid dienone is 2. The predicted octanol–water partition coefficient (Wildman–Crippen LogP) is 1.97. The molecule has 1 N–H and O–H groups in total. The molecule has 1 fully saturated rings. The summed E-state index contributed by atoms with van der Waals surface area (Å²) in [6.45, 7) is 4.48. The molecule has 130 valence electrons. The van der Waals surface area contributed by atoms with Crippen molar-refractivity contribution in [3.05, 3.63) is 41.6 Å². The van der Waals surface area contributed by atoms with E-state index in [0.717, 1.165) is 6.26 Å². The Morgan fingerprint density at radius 2 is 1.83 bits per heavy atom. The summed E-state index contributed by atoms with van der Waals surface area (Å²) >= 11 is 0. The van der Waals surface area contributed by atoms with E-state index in [0.29, 0.717) is 24.2 Å². The second-order valence-electron chi connectivity index (χ2n) is 6.89. The third-order valence-corrected chi connectivity index (χ3v) is 5.00. The van der Waals surface area contributed by atoms with Gasteiger partial charge in [0.1, 0.15) is 6.54 Å². The zero-order valence-electron chi connectivity index (χ0n) is 13.9. The van der Waals surface area contributed by atoms with Gasteiger partial charge in [0, 0.05) is 30.1 Å². The fourth-order valence-corrected chi connectivity index (χ4v) is 3.47. The van der Waals surface area contributed by atoms with Gasteiger partial charge in [-0.3, -0.25) is 9.59 Å². The molecule has 7 heteroatoms. The van der Waals surface area contributed by atoms with Crippen LogP contribution >= 0.6 is 0 Å². The summed E-state index contributed by atoms with van der Waals surface area (Å²) in [5.74, 6) is -1.21. The molecular weight excluding hydrogens is 330 g/mol. The van der Waals surface area contributed by atoms with E-state index in [-0.39, 0.29) is 22.6 Å². The lowest BCUT2D eigenvalue weighted by atomic mass is 9.92. The highest BCUT2D eigenvalue weighted by Gasteiger charge is 2.34. The minimum Gasteiger partial charge on any atom is -0.480 e. The number of carboxylic acids is 1. The maximum Gasteiger partial charge on any atom is 0.323 e.